The van der Waals surface area contributed by atoms with Gasteiger partial charge < -0.3 is 0 Å². The third-order valence-corrected chi connectivity index (χ3v) is 3.05. The summed E-state index contributed by atoms with van der Waals surface area (Å²) in [6.45, 7) is 2.76. The van der Waals surface area contributed by atoms with E-state index in [0.717, 1.165) is 11.0 Å². The maximum absolute atomic E-state index is 13.2. The van der Waals surface area contributed by atoms with Crippen LogP contribution >= 0.6 is 0 Å². The Hall–Kier alpha value is -2.12. The second-order valence-corrected chi connectivity index (χ2v) is 4.82. The van der Waals surface area contributed by atoms with Gasteiger partial charge in [0.1, 0.15) is 11.4 Å². The highest BCUT2D eigenvalue weighted by atomic mass is 19.4. The third-order valence-electron chi connectivity index (χ3n) is 3.05. The number of carbonyl (C=O) groups excluding carboxylic acids is 2. The molecule has 1 aromatic rings. The first-order chi connectivity index (χ1) is 9.05. The smallest absolute Gasteiger partial charge is 0.279 e. The van der Waals surface area contributed by atoms with E-state index >= 15 is 0 Å². The Labute approximate surface area is 111 Å². The number of nitrogens with zero attached hydrogens (tertiary/aromatic N) is 1. The number of rotatable bonds is 1. The Bertz CT molecular complexity index is 596. The van der Waals surface area contributed by atoms with Gasteiger partial charge in [0.25, 0.3) is 5.91 Å². The average molecular weight is 290 g/mol. The number of anilines is 1. The molecule has 108 valence electrons. The van der Waals surface area contributed by atoms with E-state index in [4.69, 9.17) is 0 Å². The van der Waals surface area contributed by atoms with Crippen LogP contribution in [0.1, 0.15) is 19.4 Å². The van der Waals surface area contributed by atoms with Gasteiger partial charge >= 0.3 is 12.2 Å². The second-order valence-electron chi connectivity index (χ2n) is 4.82. The molecule has 1 fully saturated rings. The van der Waals surface area contributed by atoms with Crippen molar-refractivity contribution in [3.05, 3.63) is 29.6 Å². The summed E-state index contributed by atoms with van der Waals surface area (Å²) in [5.41, 5.74) is -3.04. The van der Waals surface area contributed by atoms with Gasteiger partial charge in [-0.05, 0) is 32.0 Å². The molecular weight excluding hydrogens is 280 g/mol. The van der Waals surface area contributed by atoms with Gasteiger partial charge in [-0.2, -0.15) is 13.2 Å². The van der Waals surface area contributed by atoms with E-state index in [9.17, 15) is 27.2 Å². The Morgan fingerprint density at radius 3 is 2.25 bits per heavy atom. The molecule has 0 atom stereocenters. The molecular formula is C12H10F4N2O2. The molecule has 0 saturated carbocycles. The molecule has 0 unspecified atom stereocenters. The molecule has 20 heavy (non-hydrogen) atoms. The fourth-order valence-electron chi connectivity index (χ4n) is 1.97. The lowest BCUT2D eigenvalue weighted by Crippen LogP contribution is -2.44. The van der Waals surface area contributed by atoms with Crippen molar-refractivity contribution in [1.29, 1.82) is 0 Å². The molecule has 1 N–H and O–H groups in total. The predicted molar refractivity (Wildman–Crippen MR) is 61.5 cm³/mol. The average Bonchev–Trinajstić information content (AvgIpc) is 2.48. The lowest BCUT2D eigenvalue weighted by molar-refractivity contribution is -0.139. The van der Waals surface area contributed by atoms with Crippen molar-refractivity contribution in [2.24, 2.45) is 0 Å². The number of urea groups is 1. The van der Waals surface area contributed by atoms with Gasteiger partial charge in [0.15, 0.2) is 0 Å². The topological polar surface area (TPSA) is 49.4 Å². The fourth-order valence-corrected chi connectivity index (χ4v) is 1.97. The molecule has 1 aliphatic heterocycles. The fraction of sp³-hybridized carbons (Fsp3) is 0.333. The largest absolute Gasteiger partial charge is 0.419 e. The Morgan fingerprint density at radius 1 is 1.20 bits per heavy atom. The highest BCUT2D eigenvalue weighted by Crippen LogP contribution is 2.36. The number of carbonyl (C=O) groups is 2. The summed E-state index contributed by atoms with van der Waals surface area (Å²) in [6.07, 6.45) is -4.88. The van der Waals surface area contributed by atoms with Crippen LogP contribution in [0.25, 0.3) is 0 Å². The summed E-state index contributed by atoms with van der Waals surface area (Å²) in [6, 6.07) is 1.30. The monoisotopic (exact) mass is 290 g/mol. The van der Waals surface area contributed by atoms with Gasteiger partial charge in [-0.3, -0.25) is 15.0 Å². The van der Waals surface area contributed by atoms with Crippen LogP contribution in [0.4, 0.5) is 28.0 Å². The molecule has 0 bridgehead atoms. The highest BCUT2D eigenvalue weighted by Gasteiger charge is 2.47. The zero-order valence-electron chi connectivity index (χ0n) is 10.5. The maximum atomic E-state index is 13.2. The summed E-state index contributed by atoms with van der Waals surface area (Å²) in [5.74, 6) is -2.08. The minimum absolute atomic E-state index is 0.202. The lowest BCUT2D eigenvalue weighted by Gasteiger charge is -2.28. The van der Waals surface area contributed by atoms with Crippen LogP contribution in [0.3, 0.4) is 0 Å². The number of hydrogen-bond donors (Lipinski definition) is 1. The van der Waals surface area contributed by atoms with Crippen LogP contribution in [0.2, 0.25) is 0 Å². The molecule has 0 aromatic heterocycles. The van der Waals surface area contributed by atoms with Crippen LogP contribution in [-0.4, -0.2) is 17.5 Å². The van der Waals surface area contributed by atoms with Crippen molar-refractivity contribution in [3.63, 3.8) is 0 Å². The minimum Gasteiger partial charge on any atom is -0.279 e. The van der Waals surface area contributed by atoms with Gasteiger partial charge in [0.2, 0.25) is 0 Å². The quantitative estimate of drug-likeness (QED) is 0.638. The summed E-state index contributed by atoms with van der Waals surface area (Å²) < 4.78 is 51.2. The van der Waals surface area contributed by atoms with Crippen molar-refractivity contribution in [2.75, 3.05) is 4.90 Å². The van der Waals surface area contributed by atoms with Gasteiger partial charge in [-0.25, -0.2) is 9.18 Å². The zero-order valence-corrected chi connectivity index (χ0v) is 10.5. The Morgan fingerprint density at radius 2 is 1.80 bits per heavy atom. The molecule has 2 rings (SSSR count). The predicted octanol–water partition coefficient (Wildman–Crippen LogP) is 2.68. The number of benzene rings is 1. The summed E-state index contributed by atoms with van der Waals surface area (Å²) >= 11 is 0. The molecule has 8 heteroatoms. The van der Waals surface area contributed by atoms with Crippen molar-refractivity contribution in [2.45, 2.75) is 25.6 Å². The van der Waals surface area contributed by atoms with Crippen molar-refractivity contribution >= 4 is 17.6 Å². The Balaban J connectivity index is 2.54. The standard InChI is InChI=1S/C12H10F4N2O2/c1-11(2)9(19)17-10(20)18(11)6-3-4-8(13)7(5-6)12(14,15)16/h3-5H,1-2H3,(H,17,19,20). The molecule has 0 aliphatic carbocycles. The number of alkyl halides is 3. The number of halogens is 4. The first-order valence-electron chi connectivity index (χ1n) is 5.57. The summed E-state index contributed by atoms with van der Waals surface area (Å²) in [7, 11) is 0. The normalized spacial score (nSPS) is 18.4. The summed E-state index contributed by atoms with van der Waals surface area (Å²) in [5, 5.41) is 2.00. The van der Waals surface area contributed by atoms with Gasteiger partial charge in [-0.1, -0.05) is 0 Å². The third kappa shape index (κ3) is 2.10. The van der Waals surface area contributed by atoms with Crippen LogP contribution in [-0.2, 0) is 11.0 Å². The molecule has 1 aliphatic rings. The minimum atomic E-state index is -4.88. The first-order valence-corrected chi connectivity index (χ1v) is 5.57. The van der Waals surface area contributed by atoms with Crippen LogP contribution < -0.4 is 10.2 Å². The van der Waals surface area contributed by atoms with Gasteiger partial charge in [0.05, 0.1) is 5.56 Å². The first kappa shape index (κ1) is 14.3. The second kappa shape index (κ2) is 4.19. The molecule has 3 amide bonds. The van der Waals surface area contributed by atoms with E-state index < -0.39 is 35.0 Å². The van der Waals surface area contributed by atoms with Crippen LogP contribution in [0, 0.1) is 5.82 Å². The molecule has 1 saturated heterocycles. The zero-order chi connectivity index (χ0) is 15.3. The lowest BCUT2D eigenvalue weighted by atomic mass is 10.0. The van der Waals surface area contributed by atoms with Crippen LogP contribution in [0.15, 0.2) is 18.2 Å². The Kier molecular flexibility index (Phi) is 2.99. The van der Waals surface area contributed by atoms with Gasteiger partial charge in [-0.15, -0.1) is 0 Å². The molecule has 1 aromatic carbocycles. The van der Waals surface area contributed by atoms with E-state index in [-0.39, 0.29) is 5.69 Å². The maximum Gasteiger partial charge on any atom is 0.419 e. The van der Waals surface area contributed by atoms with E-state index in [0.29, 0.717) is 12.1 Å². The molecule has 4 nitrogen and oxygen atoms in total. The van der Waals surface area contributed by atoms with Crippen molar-refractivity contribution < 1.29 is 27.2 Å². The summed E-state index contributed by atoms with van der Waals surface area (Å²) in [4.78, 5) is 24.1. The number of nitrogens with one attached hydrogen (secondary N) is 1. The van der Waals surface area contributed by atoms with E-state index in [1.807, 2.05) is 5.32 Å². The van der Waals surface area contributed by atoms with Crippen molar-refractivity contribution in [1.82, 2.24) is 5.32 Å². The van der Waals surface area contributed by atoms with E-state index in [1.165, 1.54) is 13.8 Å². The van der Waals surface area contributed by atoms with Gasteiger partial charge in [0, 0.05) is 5.69 Å². The molecule has 0 spiro atoms. The van der Waals surface area contributed by atoms with Crippen molar-refractivity contribution in [3.8, 4) is 0 Å². The van der Waals surface area contributed by atoms with E-state index in [1.54, 1.807) is 0 Å². The van der Waals surface area contributed by atoms with Crippen LogP contribution in [0.5, 0.6) is 0 Å². The highest BCUT2D eigenvalue weighted by molar-refractivity contribution is 6.16. The number of imide groups is 1. The SMILES string of the molecule is CC1(C)C(=O)NC(=O)N1c1ccc(F)c(C(F)(F)F)c1. The number of amides is 3. The van der Waals surface area contributed by atoms with E-state index in [2.05, 4.69) is 0 Å². The number of hydrogen-bond acceptors (Lipinski definition) is 2. The molecule has 0 radical (unpaired) electrons. The molecule has 1 heterocycles.